The van der Waals surface area contributed by atoms with E-state index in [4.69, 9.17) is 4.74 Å². The third-order valence-electron chi connectivity index (χ3n) is 3.68. The van der Waals surface area contributed by atoms with E-state index in [2.05, 4.69) is 0 Å². The van der Waals surface area contributed by atoms with Crippen molar-refractivity contribution in [2.75, 3.05) is 20.6 Å². The van der Waals surface area contributed by atoms with Crippen molar-refractivity contribution < 1.29 is 14.3 Å². The standard InChI is InChI=1S/C11H18N2O3/c1-8(14)16-9-11(5-4-6-11)7-12(2)10(15)13(9)3/h9H,4-7H2,1-3H3. The second kappa shape index (κ2) is 3.64. The zero-order chi connectivity index (χ0) is 11.9. The lowest BCUT2D eigenvalue weighted by Gasteiger charge is -2.54. The minimum Gasteiger partial charge on any atom is -0.441 e. The number of hydrogen-bond donors (Lipinski definition) is 0. The number of rotatable bonds is 1. The van der Waals surface area contributed by atoms with Crippen LogP contribution in [0, 0.1) is 5.41 Å². The van der Waals surface area contributed by atoms with Crippen molar-refractivity contribution in [2.24, 2.45) is 5.41 Å². The number of esters is 1. The lowest BCUT2D eigenvalue weighted by molar-refractivity contribution is -0.185. The SMILES string of the molecule is CC(=O)OC1N(C)C(=O)N(C)CC12CCC2. The first kappa shape index (κ1) is 11.2. The van der Waals surface area contributed by atoms with Gasteiger partial charge in [-0.1, -0.05) is 6.42 Å². The van der Waals surface area contributed by atoms with Crippen LogP contribution in [0.25, 0.3) is 0 Å². The lowest BCUT2D eigenvalue weighted by atomic mass is 9.66. The minimum atomic E-state index is -0.387. The summed E-state index contributed by atoms with van der Waals surface area (Å²) in [6, 6.07) is -0.0798. The largest absolute Gasteiger partial charge is 0.441 e. The highest BCUT2D eigenvalue weighted by molar-refractivity contribution is 5.76. The molecule has 1 aliphatic carbocycles. The molecule has 90 valence electrons. The topological polar surface area (TPSA) is 49.9 Å². The normalized spacial score (nSPS) is 27.9. The maximum absolute atomic E-state index is 11.8. The number of ether oxygens (including phenoxy) is 1. The van der Waals surface area contributed by atoms with E-state index < -0.39 is 0 Å². The van der Waals surface area contributed by atoms with Gasteiger partial charge in [-0.15, -0.1) is 0 Å². The van der Waals surface area contributed by atoms with Crippen LogP contribution >= 0.6 is 0 Å². The summed E-state index contributed by atoms with van der Waals surface area (Å²) in [6.45, 7) is 2.08. The molecule has 0 bridgehead atoms. The first-order valence-electron chi connectivity index (χ1n) is 5.61. The van der Waals surface area contributed by atoms with E-state index in [0.717, 1.165) is 19.3 Å². The Bertz CT molecular complexity index is 325. The van der Waals surface area contributed by atoms with E-state index in [1.165, 1.54) is 6.92 Å². The van der Waals surface area contributed by atoms with Crippen LogP contribution < -0.4 is 0 Å². The number of amides is 2. The highest BCUT2D eigenvalue weighted by Gasteiger charge is 2.53. The number of hydrogen-bond acceptors (Lipinski definition) is 3. The summed E-state index contributed by atoms with van der Waals surface area (Å²) in [5, 5.41) is 0. The molecular formula is C11H18N2O3. The molecule has 0 N–H and O–H groups in total. The van der Waals surface area contributed by atoms with Gasteiger partial charge in [0, 0.05) is 33.0 Å². The fourth-order valence-corrected chi connectivity index (χ4v) is 2.80. The van der Waals surface area contributed by atoms with Crippen LogP contribution in [0.4, 0.5) is 4.79 Å². The Kier molecular flexibility index (Phi) is 2.56. The molecule has 5 nitrogen and oxygen atoms in total. The van der Waals surface area contributed by atoms with Gasteiger partial charge in [-0.2, -0.15) is 0 Å². The molecule has 0 radical (unpaired) electrons. The number of carbonyl (C=O) groups excluding carboxylic acids is 2. The van der Waals surface area contributed by atoms with Gasteiger partial charge in [0.25, 0.3) is 0 Å². The molecule has 16 heavy (non-hydrogen) atoms. The smallest absolute Gasteiger partial charge is 0.322 e. The summed E-state index contributed by atoms with van der Waals surface area (Å²) in [7, 11) is 3.49. The highest BCUT2D eigenvalue weighted by atomic mass is 16.6. The van der Waals surface area contributed by atoms with Gasteiger partial charge < -0.3 is 9.64 Å². The maximum Gasteiger partial charge on any atom is 0.322 e. The average molecular weight is 226 g/mol. The van der Waals surface area contributed by atoms with E-state index >= 15 is 0 Å². The van der Waals surface area contributed by atoms with Crippen LogP contribution in [0.15, 0.2) is 0 Å². The average Bonchev–Trinajstić information content (AvgIpc) is 2.16. The van der Waals surface area contributed by atoms with Crippen LogP contribution in [0.2, 0.25) is 0 Å². The third-order valence-corrected chi connectivity index (χ3v) is 3.68. The van der Waals surface area contributed by atoms with Gasteiger partial charge in [-0.05, 0) is 12.8 Å². The Labute approximate surface area is 95.3 Å². The zero-order valence-electron chi connectivity index (χ0n) is 10.0. The summed E-state index contributed by atoms with van der Waals surface area (Å²) in [4.78, 5) is 26.2. The minimum absolute atomic E-state index is 0.0386. The number of carbonyl (C=O) groups is 2. The molecule has 1 atom stereocenters. The fraction of sp³-hybridized carbons (Fsp3) is 0.818. The molecule has 2 rings (SSSR count). The summed E-state index contributed by atoms with van der Waals surface area (Å²) >= 11 is 0. The third kappa shape index (κ3) is 1.54. The van der Waals surface area contributed by atoms with E-state index in [1.807, 2.05) is 0 Å². The van der Waals surface area contributed by atoms with Gasteiger partial charge in [0.05, 0.1) is 0 Å². The maximum atomic E-state index is 11.8. The molecule has 1 unspecified atom stereocenters. The van der Waals surface area contributed by atoms with Gasteiger partial charge in [0.2, 0.25) is 0 Å². The molecule has 2 amide bonds. The fourth-order valence-electron chi connectivity index (χ4n) is 2.80. The van der Waals surface area contributed by atoms with Crippen molar-refractivity contribution >= 4 is 12.0 Å². The van der Waals surface area contributed by atoms with Crippen molar-refractivity contribution in [2.45, 2.75) is 32.4 Å². The van der Waals surface area contributed by atoms with Crippen molar-refractivity contribution in [1.82, 2.24) is 9.80 Å². The molecule has 1 saturated heterocycles. The van der Waals surface area contributed by atoms with Crippen LogP contribution in [0.1, 0.15) is 26.2 Å². The lowest BCUT2D eigenvalue weighted by Crippen LogP contribution is -2.65. The molecule has 2 aliphatic rings. The van der Waals surface area contributed by atoms with Gasteiger partial charge in [0.1, 0.15) is 0 Å². The van der Waals surface area contributed by atoms with Gasteiger partial charge >= 0.3 is 12.0 Å². The molecule has 0 aromatic carbocycles. The predicted octanol–water partition coefficient (Wildman–Crippen LogP) is 1.04. The first-order chi connectivity index (χ1) is 7.46. The van der Waals surface area contributed by atoms with Crippen LogP contribution in [-0.2, 0) is 9.53 Å². The highest BCUT2D eigenvalue weighted by Crippen LogP contribution is 2.48. The summed E-state index contributed by atoms with van der Waals surface area (Å²) in [6.07, 6.45) is 2.80. The van der Waals surface area contributed by atoms with Gasteiger partial charge in [-0.25, -0.2) is 4.79 Å². The van der Waals surface area contributed by atoms with Crippen molar-refractivity contribution in [3.63, 3.8) is 0 Å². The van der Waals surface area contributed by atoms with E-state index in [0.29, 0.717) is 6.54 Å². The Balaban J connectivity index is 2.22. The van der Waals surface area contributed by atoms with Crippen LogP contribution in [0.5, 0.6) is 0 Å². The van der Waals surface area contributed by atoms with Crippen molar-refractivity contribution in [1.29, 1.82) is 0 Å². The molecule has 0 aromatic rings. The molecule has 1 spiro atoms. The summed E-state index contributed by atoms with van der Waals surface area (Å²) in [5.74, 6) is -0.319. The van der Waals surface area contributed by atoms with Crippen LogP contribution in [-0.4, -0.2) is 48.7 Å². The quantitative estimate of drug-likeness (QED) is 0.628. The molecule has 0 aromatic heterocycles. The Morgan fingerprint density at radius 1 is 1.44 bits per heavy atom. The molecule has 1 heterocycles. The Morgan fingerprint density at radius 2 is 2.06 bits per heavy atom. The first-order valence-corrected chi connectivity index (χ1v) is 5.61. The summed E-state index contributed by atoms with van der Waals surface area (Å²) < 4.78 is 5.32. The molecular weight excluding hydrogens is 208 g/mol. The molecule has 2 fully saturated rings. The molecule has 1 saturated carbocycles. The second-order valence-corrected chi connectivity index (χ2v) is 4.93. The number of nitrogens with zero attached hydrogens (tertiary/aromatic N) is 2. The van der Waals surface area contributed by atoms with Crippen molar-refractivity contribution in [3.8, 4) is 0 Å². The Morgan fingerprint density at radius 3 is 2.50 bits per heavy atom. The van der Waals surface area contributed by atoms with Crippen LogP contribution in [0.3, 0.4) is 0 Å². The number of urea groups is 1. The van der Waals surface area contributed by atoms with E-state index in [-0.39, 0.29) is 23.6 Å². The zero-order valence-corrected chi connectivity index (χ0v) is 10.0. The molecule has 1 aliphatic heterocycles. The van der Waals surface area contributed by atoms with E-state index in [1.54, 1.807) is 23.9 Å². The van der Waals surface area contributed by atoms with Crippen molar-refractivity contribution in [3.05, 3.63) is 0 Å². The molecule has 5 heteroatoms. The monoisotopic (exact) mass is 226 g/mol. The Hall–Kier alpha value is -1.26. The second-order valence-electron chi connectivity index (χ2n) is 4.93. The van der Waals surface area contributed by atoms with Gasteiger partial charge in [-0.3, -0.25) is 9.69 Å². The predicted molar refractivity (Wildman–Crippen MR) is 57.6 cm³/mol. The van der Waals surface area contributed by atoms with E-state index in [9.17, 15) is 9.59 Å². The summed E-state index contributed by atoms with van der Waals surface area (Å²) in [5.41, 5.74) is -0.0386. The van der Waals surface area contributed by atoms with Gasteiger partial charge in [0.15, 0.2) is 6.23 Å².